The van der Waals surface area contributed by atoms with Crippen LogP contribution in [0.2, 0.25) is 0 Å². The molecular formula is C13H16FNO2. The van der Waals surface area contributed by atoms with Gasteiger partial charge in [-0.05, 0) is 18.6 Å². The summed E-state index contributed by atoms with van der Waals surface area (Å²) >= 11 is 0. The van der Waals surface area contributed by atoms with Crippen LogP contribution in [0.25, 0.3) is 0 Å². The van der Waals surface area contributed by atoms with Crippen molar-refractivity contribution >= 4 is 5.78 Å². The molecule has 0 saturated carbocycles. The summed E-state index contributed by atoms with van der Waals surface area (Å²) in [5.41, 5.74) is 0.972. The zero-order valence-corrected chi connectivity index (χ0v) is 9.83. The van der Waals surface area contributed by atoms with Gasteiger partial charge >= 0.3 is 0 Å². The van der Waals surface area contributed by atoms with Crippen molar-refractivity contribution in [1.82, 2.24) is 5.32 Å². The van der Waals surface area contributed by atoms with E-state index >= 15 is 0 Å². The van der Waals surface area contributed by atoms with Gasteiger partial charge in [-0.2, -0.15) is 0 Å². The third-order valence-electron chi connectivity index (χ3n) is 2.91. The summed E-state index contributed by atoms with van der Waals surface area (Å²) in [7, 11) is 0. The third kappa shape index (κ3) is 3.11. The Bertz CT molecular complexity index is 414. The van der Waals surface area contributed by atoms with Gasteiger partial charge in [-0.1, -0.05) is 12.1 Å². The quantitative estimate of drug-likeness (QED) is 0.813. The molecule has 0 aliphatic carbocycles. The minimum absolute atomic E-state index is 0.0717. The van der Waals surface area contributed by atoms with E-state index < -0.39 is 0 Å². The molecule has 0 spiro atoms. The van der Waals surface area contributed by atoms with Gasteiger partial charge < -0.3 is 10.1 Å². The topological polar surface area (TPSA) is 38.3 Å². The van der Waals surface area contributed by atoms with Crippen LogP contribution in [0.1, 0.15) is 22.3 Å². The highest BCUT2D eigenvalue weighted by molar-refractivity contribution is 5.96. The number of nitrogens with one attached hydrogen (secondary N) is 1. The van der Waals surface area contributed by atoms with Gasteiger partial charge in [0, 0.05) is 25.1 Å². The monoisotopic (exact) mass is 237 g/mol. The number of ether oxygens (including phenoxy) is 1. The number of ketones is 1. The fourth-order valence-electron chi connectivity index (χ4n) is 1.84. The van der Waals surface area contributed by atoms with Crippen molar-refractivity contribution in [2.75, 3.05) is 19.7 Å². The second-order valence-electron chi connectivity index (χ2n) is 4.29. The average Bonchev–Trinajstić information content (AvgIpc) is 2.34. The number of aryl methyl sites for hydroxylation is 1. The lowest BCUT2D eigenvalue weighted by molar-refractivity contribution is 0.0240. The van der Waals surface area contributed by atoms with Crippen molar-refractivity contribution in [1.29, 1.82) is 0 Å². The number of halogens is 1. The fourth-order valence-corrected chi connectivity index (χ4v) is 1.84. The van der Waals surface area contributed by atoms with E-state index in [1.54, 1.807) is 19.1 Å². The summed E-state index contributed by atoms with van der Waals surface area (Å²) in [5, 5.41) is 3.16. The first-order chi connectivity index (χ1) is 8.16. The predicted molar refractivity (Wildman–Crippen MR) is 62.7 cm³/mol. The molecule has 0 amide bonds. The molecule has 1 unspecified atom stereocenters. The van der Waals surface area contributed by atoms with Gasteiger partial charge in [0.25, 0.3) is 0 Å². The molecule has 1 aliphatic heterocycles. The molecule has 1 fully saturated rings. The SMILES string of the molecule is Cc1ccc(C(=O)CC2CNCCO2)cc1F. The molecule has 1 aromatic rings. The minimum Gasteiger partial charge on any atom is -0.375 e. The standard InChI is InChI=1S/C13H16FNO2/c1-9-2-3-10(6-12(9)14)13(16)7-11-8-15-4-5-17-11/h2-3,6,11,15H,4-5,7-8H2,1H3. The number of carbonyl (C=O) groups is 1. The highest BCUT2D eigenvalue weighted by Crippen LogP contribution is 2.13. The molecule has 1 heterocycles. The van der Waals surface area contributed by atoms with Crippen molar-refractivity contribution in [3.8, 4) is 0 Å². The number of carbonyl (C=O) groups excluding carboxylic acids is 1. The van der Waals surface area contributed by atoms with Crippen LogP contribution in [0, 0.1) is 12.7 Å². The first-order valence-electron chi connectivity index (χ1n) is 5.78. The van der Waals surface area contributed by atoms with Gasteiger partial charge in [0.1, 0.15) is 5.82 Å². The summed E-state index contributed by atoms with van der Waals surface area (Å²) in [6, 6.07) is 4.59. The van der Waals surface area contributed by atoms with Crippen molar-refractivity contribution in [2.45, 2.75) is 19.4 Å². The summed E-state index contributed by atoms with van der Waals surface area (Å²) in [4.78, 5) is 11.9. The summed E-state index contributed by atoms with van der Waals surface area (Å²) in [6.07, 6.45) is 0.204. The Kier molecular flexibility index (Phi) is 3.86. The van der Waals surface area contributed by atoms with Crippen LogP contribution in [0.5, 0.6) is 0 Å². The maximum absolute atomic E-state index is 13.3. The molecule has 92 valence electrons. The lowest BCUT2D eigenvalue weighted by atomic mass is 10.0. The van der Waals surface area contributed by atoms with E-state index in [9.17, 15) is 9.18 Å². The number of hydrogen-bond donors (Lipinski definition) is 1. The van der Waals surface area contributed by atoms with Crippen LogP contribution in [0.15, 0.2) is 18.2 Å². The molecule has 17 heavy (non-hydrogen) atoms. The molecule has 3 nitrogen and oxygen atoms in total. The first kappa shape index (κ1) is 12.2. The van der Waals surface area contributed by atoms with Crippen LogP contribution in [0.4, 0.5) is 4.39 Å². The fraction of sp³-hybridized carbons (Fsp3) is 0.462. The van der Waals surface area contributed by atoms with Gasteiger partial charge in [-0.3, -0.25) is 4.79 Å². The van der Waals surface area contributed by atoms with Crippen LogP contribution in [-0.4, -0.2) is 31.6 Å². The van der Waals surface area contributed by atoms with Gasteiger partial charge in [0.2, 0.25) is 0 Å². The van der Waals surface area contributed by atoms with Crippen molar-refractivity contribution < 1.29 is 13.9 Å². The van der Waals surface area contributed by atoms with Gasteiger partial charge in [0.05, 0.1) is 12.7 Å². The number of hydrogen-bond acceptors (Lipinski definition) is 3. The molecule has 1 aliphatic rings. The second kappa shape index (κ2) is 5.38. The van der Waals surface area contributed by atoms with Crippen LogP contribution in [-0.2, 0) is 4.74 Å². The Morgan fingerprint density at radius 2 is 2.41 bits per heavy atom. The highest BCUT2D eigenvalue weighted by Gasteiger charge is 2.18. The maximum atomic E-state index is 13.3. The van der Waals surface area contributed by atoms with E-state index in [-0.39, 0.29) is 17.7 Å². The summed E-state index contributed by atoms with van der Waals surface area (Å²) in [5.74, 6) is -0.406. The number of morpholine rings is 1. The molecule has 0 radical (unpaired) electrons. The highest BCUT2D eigenvalue weighted by atomic mass is 19.1. The second-order valence-corrected chi connectivity index (χ2v) is 4.29. The molecule has 1 atom stereocenters. The van der Waals surface area contributed by atoms with Crippen molar-refractivity contribution in [2.24, 2.45) is 0 Å². The summed E-state index contributed by atoms with van der Waals surface area (Å²) < 4.78 is 18.8. The van der Waals surface area contributed by atoms with Crippen molar-refractivity contribution in [3.63, 3.8) is 0 Å². The third-order valence-corrected chi connectivity index (χ3v) is 2.91. The Hall–Kier alpha value is -1.26. The maximum Gasteiger partial charge on any atom is 0.165 e. The summed E-state index contributed by atoms with van der Waals surface area (Å²) in [6.45, 7) is 3.81. The van der Waals surface area contributed by atoms with E-state index in [2.05, 4.69) is 5.32 Å². The van der Waals surface area contributed by atoms with Crippen LogP contribution in [0.3, 0.4) is 0 Å². The Morgan fingerprint density at radius 3 is 3.06 bits per heavy atom. The van der Waals surface area contributed by atoms with E-state index in [1.807, 2.05) is 0 Å². The first-order valence-corrected chi connectivity index (χ1v) is 5.78. The molecule has 0 bridgehead atoms. The van der Waals surface area contributed by atoms with Gasteiger partial charge in [-0.25, -0.2) is 4.39 Å². The molecule has 1 aromatic carbocycles. The Labute approximate surface area is 100.0 Å². The lowest BCUT2D eigenvalue weighted by Crippen LogP contribution is -2.39. The molecule has 4 heteroatoms. The number of rotatable bonds is 3. The largest absolute Gasteiger partial charge is 0.375 e. The smallest absolute Gasteiger partial charge is 0.165 e. The number of benzene rings is 1. The zero-order valence-electron chi connectivity index (χ0n) is 9.83. The van der Waals surface area contributed by atoms with E-state index in [0.29, 0.717) is 30.7 Å². The molecular weight excluding hydrogens is 221 g/mol. The Morgan fingerprint density at radius 1 is 1.59 bits per heavy atom. The molecule has 1 N–H and O–H groups in total. The van der Waals surface area contributed by atoms with Gasteiger partial charge in [-0.15, -0.1) is 0 Å². The molecule has 1 saturated heterocycles. The lowest BCUT2D eigenvalue weighted by Gasteiger charge is -2.22. The van der Waals surface area contributed by atoms with Crippen LogP contribution >= 0.6 is 0 Å². The van der Waals surface area contributed by atoms with E-state index in [4.69, 9.17) is 4.74 Å². The van der Waals surface area contributed by atoms with Crippen molar-refractivity contribution in [3.05, 3.63) is 35.1 Å². The average molecular weight is 237 g/mol. The van der Waals surface area contributed by atoms with Gasteiger partial charge in [0.15, 0.2) is 5.78 Å². The normalized spacial score (nSPS) is 20.2. The minimum atomic E-state index is -0.335. The number of Topliss-reactive ketones (excluding diaryl/α,β-unsaturated/α-hetero) is 1. The van der Waals surface area contributed by atoms with E-state index in [1.165, 1.54) is 6.07 Å². The zero-order chi connectivity index (χ0) is 12.3. The van der Waals surface area contributed by atoms with E-state index in [0.717, 1.165) is 6.54 Å². The molecule has 2 rings (SSSR count). The Balaban J connectivity index is 2.01. The predicted octanol–water partition coefficient (Wildman–Crippen LogP) is 1.70. The molecule has 0 aromatic heterocycles. The van der Waals surface area contributed by atoms with Crippen LogP contribution < -0.4 is 5.32 Å².